The fourth-order valence-electron chi connectivity index (χ4n) is 2.05. The van der Waals surface area contributed by atoms with E-state index in [1.807, 2.05) is 17.5 Å². The summed E-state index contributed by atoms with van der Waals surface area (Å²) in [5.41, 5.74) is 0. The Balaban J connectivity index is 1.84. The second-order valence-corrected chi connectivity index (χ2v) is 8.34. The van der Waals surface area contributed by atoms with Crippen molar-refractivity contribution in [3.8, 4) is 9.75 Å². The van der Waals surface area contributed by atoms with Gasteiger partial charge in [0.15, 0.2) is 0 Å². The van der Waals surface area contributed by atoms with Crippen LogP contribution >= 0.6 is 22.7 Å². The van der Waals surface area contributed by atoms with Crippen molar-refractivity contribution in [2.75, 3.05) is 13.6 Å². The zero-order valence-corrected chi connectivity index (χ0v) is 12.8. The van der Waals surface area contributed by atoms with Crippen LogP contribution in [0.15, 0.2) is 29.6 Å². The van der Waals surface area contributed by atoms with E-state index in [0.717, 1.165) is 11.3 Å². The Kier molecular flexibility index (Phi) is 3.48. The van der Waals surface area contributed by atoms with Crippen molar-refractivity contribution in [1.29, 1.82) is 0 Å². The van der Waals surface area contributed by atoms with Gasteiger partial charge in [-0.1, -0.05) is 6.07 Å². The number of nitrogens with zero attached hydrogens (tertiary/aromatic N) is 1. The minimum atomic E-state index is -3.31. The third kappa shape index (κ3) is 2.61. The highest BCUT2D eigenvalue weighted by molar-refractivity contribution is 7.87. The summed E-state index contributed by atoms with van der Waals surface area (Å²) in [4.78, 5) is 3.51. The molecular weight excluding hydrogens is 300 g/mol. The lowest BCUT2D eigenvalue weighted by Gasteiger charge is -2.29. The van der Waals surface area contributed by atoms with Crippen LogP contribution in [0.2, 0.25) is 0 Å². The van der Waals surface area contributed by atoms with Crippen LogP contribution in [0.1, 0.15) is 17.3 Å². The molecule has 0 aromatic carbocycles. The van der Waals surface area contributed by atoms with E-state index in [2.05, 4.69) is 16.9 Å². The fraction of sp³-hybridized carbons (Fsp3) is 0.333. The summed E-state index contributed by atoms with van der Waals surface area (Å²) in [7, 11) is -1.71. The smallest absolute Gasteiger partial charge is 0.195 e. The monoisotopic (exact) mass is 314 g/mol. The molecule has 0 amide bonds. The van der Waals surface area contributed by atoms with Gasteiger partial charge < -0.3 is 0 Å². The molecule has 19 heavy (non-hydrogen) atoms. The molecule has 1 atom stereocenters. The van der Waals surface area contributed by atoms with Crippen molar-refractivity contribution < 1.29 is 8.42 Å². The molecule has 0 saturated carbocycles. The number of thiophene rings is 2. The lowest BCUT2D eigenvalue weighted by atomic mass is 10.2. The summed E-state index contributed by atoms with van der Waals surface area (Å²) < 4.78 is 27.7. The Labute approximate surface area is 120 Å². The van der Waals surface area contributed by atoms with Crippen LogP contribution in [-0.4, -0.2) is 26.3 Å². The van der Waals surface area contributed by atoms with Crippen LogP contribution in [0.5, 0.6) is 0 Å². The first-order valence-electron chi connectivity index (χ1n) is 5.93. The van der Waals surface area contributed by atoms with E-state index in [9.17, 15) is 8.42 Å². The molecule has 2 aromatic rings. The van der Waals surface area contributed by atoms with Gasteiger partial charge in [0.05, 0.1) is 6.04 Å². The van der Waals surface area contributed by atoms with Crippen LogP contribution in [0, 0.1) is 0 Å². The highest BCUT2D eigenvalue weighted by atomic mass is 32.2. The summed E-state index contributed by atoms with van der Waals surface area (Å²) >= 11 is 3.36. The van der Waals surface area contributed by atoms with Gasteiger partial charge in [-0.15, -0.1) is 22.7 Å². The molecule has 0 bridgehead atoms. The average molecular weight is 314 g/mol. The predicted octanol–water partition coefficient (Wildman–Crippen LogP) is 2.69. The van der Waals surface area contributed by atoms with Crippen LogP contribution in [-0.2, 0) is 10.2 Å². The number of rotatable bonds is 2. The zero-order valence-electron chi connectivity index (χ0n) is 10.4. The summed E-state index contributed by atoms with van der Waals surface area (Å²) in [6.45, 7) is 0.562. The van der Waals surface area contributed by atoms with E-state index in [-0.39, 0.29) is 6.04 Å². The molecule has 3 rings (SSSR count). The van der Waals surface area contributed by atoms with Gasteiger partial charge in [0.25, 0.3) is 10.2 Å². The minimum absolute atomic E-state index is 0.0973. The fourth-order valence-corrected chi connectivity index (χ4v) is 5.18. The Bertz CT molecular complexity index is 661. The molecule has 0 aliphatic carbocycles. The maximum absolute atomic E-state index is 11.8. The first kappa shape index (κ1) is 13.3. The summed E-state index contributed by atoms with van der Waals surface area (Å²) in [6.07, 6.45) is 0.806. The zero-order chi connectivity index (χ0) is 13.5. The molecule has 0 spiro atoms. The van der Waals surface area contributed by atoms with E-state index in [0.29, 0.717) is 6.54 Å². The van der Waals surface area contributed by atoms with Gasteiger partial charge in [-0.25, -0.2) is 0 Å². The molecule has 1 aliphatic heterocycles. The highest BCUT2D eigenvalue weighted by Gasteiger charge is 2.30. The standard InChI is InChI=1S/C12H14N2O2S3/c1-14-7-6-9(13-19(14,15)16)10-4-5-12(18-10)11-3-2-8-17-11/h2-5,8-9,13H,6-7H2,1H3/t9-/m0/s1. The Morgan fingerprint density at radius 2 is 2.16 bits per heavy atom. The van der Waals surface area contributed by atoms with Crippen molar-refractivity contribution >= 4 is 32.9 Å². The molecule has 4 nitrogen and oxygen atoms in total. The second kappa shape index (κ2) is 4.99. The largest absolute Gasteiger partial charge is 0.279 e. The van der Waals surface area contributed by atoms with Gasteiger partial charge in [0.1, 0.15) is 0 Å². The van der Waals surface area contributed by atoms with Gasteiger partial charge in [-0.05, 0) is 30.0 Å². The predicted molar refractivity (Wildman–Crippen MR) is 79.7 cm³/mol. The third-order valence-electron chi connectivity index (χ3n) is 3.17. The number of hydrogen-bond acceptors (Lipinski definition) is 4. The van der Waals surface area contributed by atoms with Crippen LogP contribution in [0.25, 0.3) is 9.75 Å². The van der Waals surface area contributed by atoms with Crippen molar-refractivity contribution in [2.45, 2.75) is 12.5 Å². The molecular formula is C12H14N2O2S3. The summed E-state index contributed by atoms with van der Waals surface area (Å²) in [6, 6.07) is 8.10. The van der Waals surface area contributed by atoms with Gasteiger partial charge in [0.2, 0.25) is 0 Å². The van der Waals surface area contributed by atoms with Gasteiger partial charge in [0, 0.05) is 28.2 Å². The van der Waals surface area contributed by atoms with Crippen molar-refractivity contribution in [2.24, 2.45) is 0 Å². The molecule has 0 radical (unpaired) electrons. The van der Waals surface area contributed by atoms with E-state index < -0.39 is 10.2 Å². The second-order valence-electron chi connectivity index (χ2n) is 4.47. The SMILES string of the molecule is CN1CC[C@@H](c2ccc(-c3cccs3)s2)NS1(=O)=O. The summed E-state index contributed by atoms with van der Waals surface area (Å²) in [5, 5.41) is 2.05. The Morgan fingerprint density at radius 3 is 2.84 bits per heavy atom. The van der Waals surface area contributed by atoms with Gasteiger partial charge in [-0.2, -0.15) is 17.4 Å². The molecule has 102 valence electrons. The number of hydrogen-bond donors (Lipinski definition) is 1. The topological polar surface area (TPSA) is 49.4 Å². The molecule has 2 aromatic heterocycles. The molecule has 1 saturated heterocycles. The quantitative estimate of drug-likeness (QED) is 0.926. The first-order chi connectivity index (χ1) is 9.06. The maximum Gasteiger partial charge on any atom is 0.279 e. The molecule has 1 N–H and O–H groups in total. The Morgan fingerprint density at radius 1 is 1.32 bits per heavy atom. The highest BCUT2D eigenvalue weighted by Crippen LogP contribution is 2.36. The Hall–Kier alpha value is -0.730. The minimum Gasteiger partial charge on any atom is -0.195 e. The average Bonchev–Trinajstić information content (AvgIpc) is 3.01. The van der Waals surface area contributed by atoms with E-state index in [1.54, 1.807) is 29.7 Å². The molecule has 0 unspecified atom stereocenters. The van der Waals surface area contributed by atoms with Crippen LogP contribution < -0.4 is 4.72 Å². The first-order valence-corrected chi connectivity index (χ1v) is 9.07. The lowest BCUT2D eigenvalue weighted by molar-refractivity contribution is 0.384. The van der Waals surface area contributed by atoms with E-state index in [4.69, 9.17) is 0 Å². The molecule has 3 heterocycles. The molecule has 7 heteroatoms. The third-order valence-corrected chi connectivity index (χ3v) is 7.02. The lowest BCUT2D eigenvalue weighted by Crippen LogP contribution is -2.46. The van der Waals surface area contributed by atoms with Crippen molar-refractivity contribution in [3.63, 3.8) is 0 Å². The van der Waals surface area contributed by atoms with Crippen molar-refractivity contribution in [3.05, 3.63) is 34.5 Å². The van der Waals surface area contributed by atoms with Gasteiger partial charge in [-0.3, -0.25) is 0 Å². The van der Waals surface area contributed by atoms with E-state index >= 15 is 0 Å². The molecule has 1 aliphatic rings. The van der Waals surface area contributed by atoms with Crippen LogP contribution in [0.4, 0.5) is 0 Å². The number of nitrogens with one attached hydrogen (secondary N) is 1. The normalized spacial score (nSPS) is 23.5. The summed E-state index contributed by atoms with van der Waals surface area (Å²) in [5.74, 6) is 0. The van der Waals surface area contributed by atoms with Gasteiger partial charge >= 0.3 is 0 Å². The maximum atomic E-state index is 11.8. The van der Waals surface area contributed by atoms with Crippen molar-refractivity contribution in [1.82, 2.24) is 9.03 Å². The van der Waals surface area contributed by atoms with E-state index in [1.165, 1.54) is 14.1 Å². The molecule has 1 fully saturated rings. The van der Waals surface area contributed by atoms with Crippen LogP contribution in [0.3, 0.4) is 0 Å².